The summed E-state index contributed by atoms with van der Waals surface area (Å²) in [7, 11) is 0. The molecule has 116 valence electrons. The van der Waals surface area contributed by atoms with Gasteiger partial charge in [-0.05, 0) is 37.0 Å². The van der Waals surface area contributed by atoms with Gasteiger partial charge in [0.15, 0.2) is 0 Å². The van der Waals surface area contributed by atoms with Gasteiger partial charge < -0.3 is 4.57 Å². The Labute approximate surface area is 135 Å². The molecule has 1 heterocycles. The van der Waals surface area contributed by atoms with Gasteiger partial charge in [-0.25, -0.2) is 4.98 Å². The number of anilines is 1. The van der Waals surface area contributed by atoms with E-state index in [-0.39, 0.29) is 11.8 Å². The summed E-state index contributed by atoms with van der Waals surface area (Å²) in [5.41, 5.74) is 3.22. The highest BCUT2D eigenvalue weighted by atomic mass is 16.2. The number of fused-ring (bicyclic) bond motifs is 1. The first-order valence-corrected chi connectivity index (χ1v) is 8.09. The molecule has 4 heteroatoms. The average molecular weight is 305 g/mol. The molecule has 2 aromatic carbocycles. The van der Waals surface area contributed by atoms with Gasteiger partial charge in [0.05, 0.1) is 11.0 Å². The number of rotatable bonds is 4. The third-order valence-corrected chi connectivity index (χ3v) is 4.56. The summed E-state index contributed by atoms with van der Waals surface area (Å²) in [6.07, 6.45) is 0.919. The van der Waals surface area contributed by atoms with Crippen molar-refractivity contribution in [3.63, 3.8) is 0 Å². The number of amides is 1. The van der Waals surface area contributed by atoms with Crippen LogP contribution in [0.3, 0.4) is 0 Å². The zero-order chi connectivity index (χ0) is 15.8. The van der Waals surface area contributed by atoms with E-state index in [1.54, 1.807) is 0 Å². The lowest BCUT2D eigenvalue weighted by Gasteiger charge is -2.07. The predicted molar refractivity (Wildman–Crippen MR) is 91.3 cm³/mol. The molecule has 0 saturated heterocycles. The molecule has 1 aliphatic carbocycles. The Bertz CT molecular complexity index is 853. The minimum atomic E-state index is 0.0579. The van der Waals surface area contributed by atoms with Gasteiger partial charge in [0.25, 0.3) is 0 Å². The van der Waals surface area contributed by atoms with Crippen LogP contribution in [0, 0.1) is 5.92 Å². The van der Waals surface area contributed by atoms with E-state index in [0.717, 1.165) is 24.0 Å². The molecule has 1 fully saturated rings. The molecule has 4 nitrogen and oxygen atoms in total. The van der Waals surface area contributed by atoms with Gasteiger partial charge >= 0.3 is 0 Å². The zero-order valence-electron chi connectivity index (χ0n) is 13.1. The van der Waals surface area contributed by atoms with E-state index < -0.39 is 0 Å². The van der Waals surface area contributed by atoms with Crippen LogP contribution in [0.25, 0.3) is 11.0 Å². The number of hydrogen-bond acceptors (Lipinski definition) is 2. The molecular weight excluding hydrogens is 286 g/mol. The molecule has 3 aromatic rings. The molecule has 1 aromatic heterocycles. The van der Waals surface area contributed by atoms with Crippen LogP contribution in [0.1, 0.15) is 24.8 Å². The molecule has 23 heavy (non-hydrogen) atoms. The summed E-state index contributed by atoms with van der Waals surface area (Å²) >= 11 is 0. The van der Waals surface area contributed by atoms with Gasteiger partial charge in [-0.2, -0.15) is 0 Å². The number of aromatic nitrogens is 2. The largest absolute Gasteiger partial charge is 0.310 e. The molecular formula is C19H19N3O. The maximum atomic E-state index is 12.5. The van der Waals surface area contributed by atoms with Gasteiger partial charge in [-0.3, -0.25) is 10.1 Å². The average Bonchev–Trinajstić information content (AvgIpc) is 3.31. The van der Waals surface area contributed by atoms with Crippen molar-refractivity contribution in [2.45, 2.75) is 25.8 Å². The number of imidazole rings is 1. The summed E-state index contributed by atoms with van der Waals surface area (Å²) < 4.78 is 2.05. The van der Waals surface area contributed by atoms with Gasteiger partial charge in [-0.15, -0.1) is 0 Å². The normalized spacial score (nSPS) is 19.7. The number of para-hydroxylation sites is 2. The van der Waals surface area contributed by atoms with E-state index in [0.29, 0.717) is 11.9 Å². The van der Waals surface area contributed by atoms with E-state index in [2.05, 4.69) is 29.4 Å². The highest BCUT2D eigenvalue weighted by molar-refractivity contribution is 5.95. The second-order valence-electron chi connectivity index (χ2n) is 6.02. The first-order valence-electron chi connectivity index (χ1n) is 8.09. The van der Waals surface area contributed by atoms with E-state index in [1.807, 2.05) is 47.0 Å². The maximum absolute atomic E-state index is 12.5. The fraction of sp³-hybridized carbons (Fsp3) is 0.263. The SMILES string of the molecule is CCn1c(NC(=O)[C@@H]2C[C@@H]2c2ccccc2)nc2ccccc21. The molecule has 1 N–H and O–H groups in total. The lowest BCUT2D eigenvalue weighted by atomic mass is 10.1. The molecule has 1 saturated carbocycles. The van der Waals surface area contributed by atoms with E-state index in [4.69, 9.17) is 0 Å². The van der Waals surface area contributed by atoms with Crippen molar-refractivity contribution in [2.24, 2.45) is 5.92 Å². The Kier molecular flexibility index (Phi) is 3.37. The third kappa shape index (κ3) is 2.50. The van der Waals surface area contributed by atoms with Crippen LogP contribution in [0.15, 0.2) is 54.6 Å². The quantitative estimate of drug-likeness (QED) is 0.797. The topological polar surface area (TPSA) is 46.9 Å². The van der Waals surface area contributed by atoms with Gasteiger partial charge in [0, 0.05) is 12.5 Å². The highest BCUT2D eigenvalue weighted by Crippen LogP contribution is 2.47. The van der Waals surface area contributed by atoms with E-state index in [1.165, 1.54) is 5.56 Å². The van der Waals surface area contributed by atoms with Crippen molar-refractivity contribution in [1.29, 1.82) is 0 Å². The lowest BCUT2D eigenvalue weighted by molar-refractivity contribution is -0.117. The number of aryl methyl sites for hydroxylation is 1. The number of nitrogens with zero attached hydrogens (tertiary/aromatic N) is 2. The molecule has 0 radical (unpaired) electrons. The van der Waals surface area contributed by atoms with Gasteiger partial charge in [-0.1, -0.05) is 42.5 Å². The first-order chi connectivity index (χ1) is 11.3. The number of benzene rings is 2. The minimum absolute atomic E-state index is 0.0579. The molecule has 0 aliphatic heterocycles. The summed E-state index contributed by atoms with van der Waals surface area (Å²) in [4.78, 5) is 17.1. The van der Waals surface area contributed by atoms with E-state index in [9.17, 15) is 4.79 Å². The summed E-state index contributed by atoms with van der Waals surface area (Å²) in [6.45, 7) is 2.84. The Hall–Kier alpha value is -2.62. The zero-order valence-corrected chi connectivity index (χ0v) is 13.1. The summed E-state index contributed by atoms with van der Waals surface area (Å²) in [6, 6.07) is 18.2. The Morgan fingerprint density at radius 2 is 1.91 bits per heavy atom. The second-order valence-corrected chi connectivity index (χ2v) is 6.02. The van der Waals surface area contributed by atoms with Crippen molar-refractivity contribution in [3.8, 4) is 0 Å². The Morgan fingerprint density at radius 3 is 2.70 bits per heavy atom. The van der Waals surface area contributed by atoms with Crippen molar-refractivity contribution in [2.75, 3.05) is 5.32 Å². The van der Waals surface area contributed by atoms with Gasteiger partial charge in [0.1, 0.15) is 0 Å². The number of carbonyl (C=O) groups excluding carboxylic acids is 1. The maximum Gasteiger partial charge on any atom is 0.230 e. The predicted octanol–water partition coefficient (Wildman–Crippen LogP) is 3.80. The fourth-order valence-corrected chi connectivity index (χ4v) is 3.25. The molecule has 4 rings (SSSR count). The Morgan fingerprint density at radius 1 is 1.17 bits per heavy atom. The third-order valence-electron chi connectivity index (χ3n) is 4.56. The van der Waals surface area contributed by atoms with Crippen LogP contribution >= 0.6 is 0 Å². The van der Waals surface area contributed by atoms with Crippen LogP contribution in [-0.4, -0.2) is 15.5 Å². The first kappa shape index (κ1) is 14.0. The number of carbonyl (C=O) groups is 1. The molecule has 1 aliphatic rings. The Balaban J connectivity index is 1.54. The lowest BCUT2D eigenvalue weighted by Crippen LogP contribution is -2.18. The van der Waals surface area contributed by atoms with Crippen LogP contribution in [0.2, 0.25) is 0 Å². The molecule has 1 amide bonds. The van der Waals surface area contributed by atoms with Crippen molar-refractivity contribution in [3.05, 3.63) is 60.2 Å². The van der Waals surface area contributed by atoms with Crippen LogP contribution < -0.4 is 5.32 Å². The minimum Gasteiger partial charge on any atom is -0.310 e. The number of hydrogen-bond donors (Lipinski definition) is 1. The number of nitrogens with one attached hydrogen (secondary N) is 1. The summed E-state index contributed by atoms with van der Waals surface area (Å²) in [5, 5.41) is 3.03. The van der Waals surface area contributed by atoms with Crippen LogP contribution in [0.4, 0.5) is 5.95 Å². The molecule has 2 atom stereocenters. The van der Waals surface area contributed by atoms with Gasteiger partial charge in [0.2, 0.25) is 11.9 Å². The fourth-order valence-electron chi connectivity index (χ4n) is 3.25. The van der Waals surface area contributed by atoms with E-state index >= 15 is 0 Å². The van der Waals surface area contributed by atoms with Crippen LogP contribution in [0.5, 0.6) is 0 Å². The second kappa shape index (κ2) is 5.54. The molecule has 0 spiro atoms. The highest BCUT2D eigenvalue weighted by Gasteiger charge is 2.44. The van der Waals surface area contributed by atoms with Crippen LogP contribution in [-0.2, 0) is 11.3 Å². The smallest absolute Gasteiger partial charge is 0.230 e. The molecule has 0 bridgehead atoms. The summed E-state index contributed by atoms with van der Waals surface area (Å²) in [5.74, 6) is 1.12. The van der Waals surface area contributed by atoms with Crippen molar-refractivity contribution < 1.29 is 4.79 Å². The molecule has 0 unspecified atom stereocenters. The van der Waals surface area contributed by atoms with Crippen molar-refractivity contribution in [1.82, 2.24) is 9.55 Å². The standard InChI is InChI=1S/C19H19N3O/c1-2-22-17-11-7-6-10-16(17)20-19(22)21-18(23)15-12-14(15)13-8-4-3-5-9-13/h3-11,14-15H,2,12H2,1H3,(H,20,21,23)/t14-,15-/m1/s1. The monoisotopic (exact) mass is 305 g/mol. The van der Waals surface area contributed by atoms with Crippen molar-refractivity contribution >= 4 is 22.9 Å².